The number of ether oxygens (including phenoxy) is 1. The molecule has 1 N–H and O–H groups in total. The minimum Gasteiger partial charge on any atom is -0.376 e. The summed E-state index contributed by atoms with van der Waals surface area (Å²) in [5.74, 6) is -0.215. The summed E-state index contributed by atoms with van der Waals surface area (Å²) in [7, 11) is 0. The molecule has 0 atom stereocenters. The van der Waals surface area contributed by atoms with Crippen LogP contribution in [0.3, 0.4) is 0 Å². The Morgan fingerprint density at radius 3 is 2.73 bits per heavy atom. The summed E-state index contributed by atoms with van der Waals surface area (Å²) in [4.78, 5) is 12.0. The molecule has 3 rings (SSSR count). The lowest BCUT2D eigenvalue weighted by molar-refractivity contribution is -0.142. The number of carbonyl (C=O) groups is 1. The van der Waals surface area contributed by atoms with E-state index in [-0.39, 0.29) is 37.6 Å². The van der Waals surface area contributed by atoms with Crippen molar-refractivity contribution in [3.8, 4) is 0 Å². The van der Waals surface area contributed by atoms with E-state index in [1.165, 1.54) is 4.68 Å². The van der Waals surface area contributed by atoms with Gasteiger partial charge in [-0.25, -0.2) is 0 Å². The molecular formula is C17H17ClF3N3O2. The molecule has 0 radical (unpaired) electrons. The number of nitrogens with zero attached hydrogens (tertiary/aromatic N) is 2. The maximum absolute atomic E-state index is 13.1. The zero-order chi connectivity index (χ0) is 18.7. The van der Waals surface area contributed by atoms with E-state index in [1.54, 1.807) is 24.3 Å². The Morgan fingerprint density at radius 1 is 1.31 bits per heavy atom. The molecule has 0 fully saturated rings. The standard InChI is InChI=1S/C17H17ClF3N3O2/c18-12-3-1-11(2-4-12)9-15(25)22-6-7-24-14-5-8-26-10-13(14)16(23-24)17(19,20)21/h1-4H,5-10H2,(H,22,25). The van der Waals surface area contributed by atoms with Gasteiger partial charge in [0.25, 0.3) is 0 Å². The second kappa shape index (κ2) is 7.67. The second-order valence-electron chi connectivity index (χ2n) is 5.95. The zero-order valence-electron chi connectivity index (χ0n) is 13.8. The highest BCUT2D eigenvalue weighted by Crippen LogP contribution is 2.34. The number of hydrogen-bond acceptors (Lipinski definition) is 3. The number of hydrogen-bond donors (Lipinski definition) is 1. The number of amides is 1. The molecule has 0 aliphatic carbocycles. The number of fused-ring (bicyclic) bond motifs is 1. The van der Waals surface area contributed by atoms with Gasteiger partial charge in [0.2, 0.25) is 5.91 Å². The number of rotatable bonds is 5. The third-order valence-corrected chi connectivity index (χ3v) is 4.34. The lowest BCUT2D eigenvalue weighted by atomic mass is 10.1. The summed E-state index contributed by atoms with van der Waals surface area (Å²) >= 11 is 5.79. The van der Waals surface area contributed by atoms with Gasteiger partial charge in [-0.15, -0.1) is 0 Å². The van der Waals surface area contributed by atoms with Crippen LogP contribution in [-0.2, 0) is 41.7 Å². The second-order valence-corrected chi connectivity index (χ2v) is 6.39. The number of nitrogens with one attached hydrogen (secondary N) is 1. The Morgan fingerprint density at radius 2 is 2.04 bits per heavy atom. The highest BCUT2D eigenvalue weighted by atomic mass is 35.5. The van der Waals surface area contributed by atoms with Gasteiger partial charge in [-0.2, -0.15) is 18.3 Å². The molecule has 1 aromatic carbocycles. The van der Waals surface area contributed by atoms with E-state index in [0.717, 1.165) is 5.56 Å². The summed E-state index contributed by atoms with van der Waals surface area (Å²) in [6, 6.07) is 6.89. The van der Waals surface area contributed by atoms with Gasteiger partial charge in [0.1, 0.15) is 0 Å². The third-order valence-electron chi connectivity index (χ3n) is 4.09. The highest BCUT2D eigenvalue weighted by molar-refractivity contribution is 6.30. The van der Waals surface area contributed by atoms with Crippen LogP contribution in [0.4, 0.5) is 13.2 Å². The molecule has 5 nitrogen and oxygen atoms in total. The van der Waals surface area contributed by atoms with Crippen molar-refractivity contribution in [1.29, 1.82) is 0 Å². The fourth-order valence-electron chi connectivity index (χ4n) is 2.87. The lowest BCUT2D eigenvalue weighted by Crippen LogP contribution is -2.29. The minimum absolute atomic E-state index is 0.0902. The van der Waals surface area contributed by atoms with Crippen LogP contribution in [0.1, 0.15) is 22.5 Å². The van der Waals surface area contributed by atoms with Gasteiger partial charge in [0.15, 0.2) is 5.69 Å². The van der Waals surface area contributed by atoms with Crippen LogP contribution in [0.5, 0.6) is 0 Å². The van der Waals surface area contributed by atoms with E-state index < -0.39 is 11.9 Å². The summed E-state index contributed by atoms with van der Waals surface area (Å²) < 4.78 is 45.8. The number of alkyl halides is 3. The first-order chi connectivity index (χ1) is 12.3. The van der Waals surface area contributed by atoms with Crippen molar-refractivity contribution < 1.29 is 22.7 Å². The van der Waals surface area contributed by atoms with Crippen molar-refractivity contribution in [3.63, 3.8) is 0 Å². The zero-order valence-corrected chi connectivity index (χ0v) is 14.5. The average molecular weight is 388 g/mol. The number of benzene rings is 1. The van der Waals surface area contributed by atoms with Gasteiger partial charge in [0, 0.05) is 29.2 Å². The maximum atomic E-state index is 13.1. The Kier molecular flexibility index (Phi) is 5.52. The van der Waals surface area contributed by atoms with Crippen molar-refractivity contribution >= 4 is 17.5 Å². The Labute approximate surface area is 153 Å². The molecule has 2 heterocycles. The van der Waals surface area contributed by atoms with Crippen LogP contribution in [0.2, 0.25) is 5.02 Å². The van der Waals surface area contributed by atoms with Crippen LogP contribution in [0, 0.1) is 0 Å². The van der Waals surface area contributed by atoms with Gasteiger partial charge >= 0.3 is 6.18 Å². The van der Waals surface area contributed by atoms with E-state index in [4.69, 9.17) is 16.3 Å². The highest BCUT2D eigenvalue weighted by Gasteiger charge is 2.39. The SMILES string of the molecule is O=C(Cc1ccc(Cl)cc1)NCCn1nc(C(F)(F)F)c2c1CCOC2. The molecule has 9 heteroatoms. The average Bonchev–Trinajstić information content (AvgIpc) is 2.96. The number of carbonyl (C=O) groups excluding carboxylic acids is 1. The third kappa shape index (κ3) is 4.37. The normalized spacial score (nSPS) is 14.2. The fraction of sp³-hybridized carbons (Fsp3) is 0.412. The van der Waals surface area contributed by atoms with Gasteiger partial charge < -0.3 is 10.1 Å². The van der Waals surface area contributed by atoms with Crippen LogP contribution in [0.15, 0.2) is 24.3 Å². The van der Waals surface area contributed by atoms with Crippen molar-refractivity contribution in [2.24, 2.45) is 0 Å². The first-order valence-electron chi connectivity index (χ1n) is 8.09. The molecule has 26 heavy (non-hydrogen) atoms. The summed E-state index contributed by atoms with van der Waals surface area (Å²) in [5, 5.41) is 6.99. The monoisotopic (exact) mass is 387 g/mol. The van der Waals surface area contributed by atoms with Gasteiger partial charge in [0.05, 0.1) is 26.2 Å². The van der Waals surface area contributed by atoms with Crippen molar-refractivity contribution in [2.75, 3.05) is 13.2 Å². The summed E-state index contributed by atoms with van der Waals surface area (Å²) in [6.07, 6.45) is -3.97. The molecular weight excluding hydrogens is 371 g/mol. The number of aromatic nitrogens is 2. The lowest BCUT2D eigenvalue weighted by Gasteiger charge is -2.15. The van der Waals surface area contributed by atoms with E-state index >= 15 is 0 Å². The first-order valence-corrected chi connectivity index (χ1v) is 8.47. The van der Waals surface area contributed by atoms with E-state index in [1.807, 2.05) is 0 Å². The largest absolute Gasteiger partial charge is 0.435 e. The molecule has 0 saturated carbocycles. The van der Waals surface area contributed by atoms with Crippen molar-refractivity contribution in [1.82, 2.24) is 15.1 Å². The van der Waals surface area contributed by atoms with Crippen LogP contribution in [0.25, 0.3) is 0 Å². The van der Waals surface area contributed by atoms with Crippen molar-refractivity contribution in [3.05, 3.63) is 51.8 Å². The first kappa shape index (κ1) is 18.7. The van der Waals surface area contributed by atoms with Crippen LogP contribution in [-0.4, -0.2) is 28.8 Å². The Hall–Kier alpha value is -2.06. The van der Waals surface area contributed by atoms with Gasteiger partial charge in [-0.1, -0.05) is 23.7 Å². The molecule has 0 saturated heterocycles. The predicted molar refractivity (Wildman–Crippen MR) is 88.8 cm³/mol. The topological polar surface area (TPSA) is 56.2 Å². The molecule has 0 bridgehead atoms. The van der Waals surface area contributed by atoms with Crippen LogP contribution >= 0.6 is 11.6 Å². The molecule has 2 aromatic rings. The van der Waals surface area contributed by atoms with Gasteiger partial charge in [-0.05, 0) is 17.7 Å². The quantitative estimate of drug-likeness (QED) is 0.858. The fourth-order valence-corrected chi connectivity index (χ4v) is 3.00. The van der Waals surface area contributed by atoms with E-state index in [2.05, 4.69) is 10.4 Å². The molecule has 1 aromatic heterocycles. The minimum atomic E-state index is -4.52. The van der Waals surface area contributed by atoms with E-state index in [9.17, 15) is 18.0 Å². The van der Waals surface area contributed by atoms with Gasteiger partial charge in [-0.3, -0.25) is 9.48 Å². The summed E-state index contributed by atoms with van der Waals surface area (Å²) in [5.41, 5.74) is 0.520. The smallest absolute Gasteiger partial charge is 0.376 e. The molecule has 0 spiro atoms. The molecule has 1 amide bonds. The molecule has 140 valence electrons. The van der Waals surface area contributed by atoms with Crippen LogP contribution < -0.4 is 5.32 Å². The molecule has 1 aliphatic heterocycles. The van der Waals surface area contributed by atoms with E-state index in [0.29, 0.717) is 23.7 Å². The Bertz CT molecular complexity index is 788. The molecule has 0 unspecified atom stereocenters. The summed E-state index contributed by atoms with van der Waals surface area (Å²) in [6.45, 7) is 0.634. The Balaban J connectivity index is 1.60. The predicted octanol–water partition coefficient (Wildman–Crippen LogP) is 2.99. The maximum Gasteiger partial charge on any atom is 0.435 e. The number of halogens is 4. The molecule has 1 aliphatic rings. The van der Waals surface area contributed by atoms with Crippen molar-refractivity contribution in [2.45, 2.75) is 32.2 Å².